The molecule has 7 aromatic rings. The van der Waals surface area contributed by atoms with Crippen LogP contribution in [-0.2, 0) is 25.4 Å². The fraction of sp³-hybridized carbons (Fsp3) is 0.346. The lowest BCUT2D eigenvalue weighted by Gasteiger charge is -2.21. The van der Waals surface area contributed by atoms with Crippen LogP contribution in [0.5, 0.6) is 23.0 Å². The molecule has 23 heteroatoms. The van der Waals surface area contributed by atoms with Crippen molar-refractivity contribution in [3.63, 3.8) is 0 Å². The van der Waals surface area contributed by atoms with Crippen molar-refractivity contribution >= 4 is 37.1 Å². The maximum atomic E-state index is 13.7. The molecule has 0 spiro atoms. The van der Waals surface area contributed by atoms with Crippen molar-refractivity contribution in [2.45, 2.75) is 83.5 Å². The van der Waals surface area contributed by atoms with Gasteiger partial charge >= 0.3 is 0 Å². The van der Waals surface area contributed by atoms with Crippen molar-refractivity contribution in [1.82, 2.24) is 55.5 Å². The van der Waals surface area contributed by atoms with Gasteiger partial charge in [-0.3, -0.25) is 30.2 Å². The first-order chi connectivity index (χ1) is 35.7. The molecule has 0 saturated heterocycles. The summed E-state index contributed by atoms with van der Waals surface area (Å²) in [6.45, 7) is 14.3. The standard InChI is InChI=1S/C26H32N6O5S.C26H30N6O4S/c1-16-10-20(14-27-11-16)26(33)32-31-23(30-24-21(36-5)8-7-9-22(24)37-6)15-38(34,35)19(4)18(3)25-28-12-17(2)13-29-25;1-16-10-20(14-27-11-16)26-31-30-23(32(26)24-21(35-5)8-7-9-22(24)36-6)15-37(33,34)19(4)18(3)25-28-12-17(2)13-29-25/h7-14,18-19H,15H2,1-6H3,(H,30,31)(H,32,33);7-14,18-19H,15H2,1-6H3/t2*18-,19-/m00/s1. The Bertz CT molecular complexity index is 3310. The van der Waals surface area contributed by atoms with Crippen LogP contribution in [0.1, 0.15) is 89.6 Å². The number of pyridine rings is 2. The van der Waals surface area contributed by atoms with E-state index >= 15 is 0 Å². The van der Waals surface area contributed by atoms with Gasteiger partial charge in [0.1, 0.15) is 63.4 Å². The molecule has 7 rings (SSSR count). The maximum absolute atomic E-state index is 13.7. The Morgan fingerprint density at radius 2 is 1.08 bits per heavy atom. The molecular weight excluding hydrogens is 1000 g/mol. The van der Waals surface area contributed by atoms with Gasteiger partial charge in [-0.1, -0.05) is 26.0 Å². The van der Waals surface area contributed by atoms with Gasteiger partial charge in [-0.2, -0.15) is 0 Å². The number of aryl methyl sites for hydroxylation is 4. The first-order valence-electron chi connectivity index (χ1n) is 23.6. The smallest absolute Gasteiger partial charge is 0.271 e. The molecule has 2 N–H and O–H groups in total. The summed E-state index contributed by atoms with van der Waals surface area (Å²) >= 11 is 0. The van der Waals surface area contributed by atoms with E-state index in [0.717, 1.165) is 22.3 Å². The van der Waals surface area contributed by atoms with Crippen molar-refractivity contribution < 1.29 is 40.6 Å². The number of hydrazine groups is 1. The third kappa shape index (κ3) is 13.8. The van der Waals surface area contributed by atoms with Gasteiger partial charge in [0.25, 0.3) is 5.91 Å². The minimum Gasteiger partial charge on any atom is -0.494 e. The number of methoxy groups -OCH3 is 4. The third-order valence-corrected chi connectivity index (χ3v) is 16.6. The molecule has 0 radical (unpaired) electrons. The molecule has 75 heavy (non-hydrogen) atoms. The molecule has 0 aliphatic carbocycles. The van der Waals surface area contributed by atoms with E-state index in [1.807, 2.05) is 40.7 Å². The normalized spacial score (nSPS) is 13.3. The number of carbonyl (C=O) groups excluding carboxylic acids is 1. The van der Waals surface area contributed by atoms with Crippen LogP contribution in [0.2, 0.25) is 0 Å². The second-order valence-electron chi connectivity index (χ2n) is 17.8. The predicted molar refractivity (Wildman–Crippen MR) is 284 cm³/mol. The molecule has 0 saturated carbocycles. The Kier molecular flexibility index (Phi) is 18.7. The Hall–Kier alpha value is -7.92. The Labute approximate surface area is 437 Å². The molecule has 0 unspecified atom stereocenters. The molecular formula is C52H62N12O9S2. The first-order valence-corrected chi connectivity index (χ1v) is 27.0. The van der Waals surface area contributed by atoms with Crippen molar-refractivity contribution in [2.75, 3.05) is 34.2 Å². The van der Waals surface area contributed by atoms with E-state index in [-0.39, 0.29) is 23.1 Å². The fourth-order valence-corrected chi connectivity index (χ4v) is 10.6. The van der Waals surface area contributed by atoms with Gasteiger partial charge in [-0.05, 0) is 100 Å². The van der Waals surface area contributed by atoms with Gasteiger partial charge in [0.05, 0.1) is 44.5 Å². The first kappa shape index (κ1) is 56.4. The van der Waals surface area contributed by atoms with E-state index < -0.39 is 53.7 Å². The topological polar surface area (TPSA) is 267 Å². The predicted octanol–water partition coefficient (Wildman–Crippen LogP) is 6.94. The van der Waals surface area contributed by atoms with E-state index in [1.165, 1.54) is 34.6 Å². The second-order valence-corrected chi connectivity index (χ2v) is 22.5. The summed E-state index contributed by atoms with van der Waals surface area (Å²) in [5.41, 5.74) is 10.5. The number of aromatic nitrogens is 9. The Morgan fingerprint density at radius 1 is 0.600 bits per heavy atom. The third-order valence-electron chi connectivity index (χ3n) is 12.2. The number of rotatable bonds is 18. The number of amidine groups is 1. The summed E-state index contributed by atoms with van der Waals surface area (Å²) in [5, 5.41) is 7.08. The van der Waals surface area contributed by atoms with E-state index in [2.05, 4.69) is 55.9 Å². The summed E-state index contributed by atoms with van der Waals surface area (Å²) in [5.74, 6) is 0.895. The molecule has 5 aromatic heterocycles. The lowest BCUT2D eigenvalue weighted by molar-refractivity contribution is 0.0943. The van der Waals surface area contributed by atoms with Crippen molar-refractivity contribution in [3.8, 4) is 40.1 Å². The van der Waals surface area contributed by atoms with E-state index in [4.69, 9.17) is 18.9 Å². The monoisotopic (exact) mass is 1060 g/mol. The van der Waals surface area contributed by atoms with Crippen LogP contribution in [0, 0.1) is 27.7 Å². The second kappa shape index (κ2) is 24.9. The molecule has 0 aliphatic heterocycles. The lowest BCUT2D eigenvalue weighted by Crippen LogP contribution is -2.45. The van der Waals surface area contributed by atoms with Gasteiger partial charge < -0.3 is 18.9 Å². The number of nitrogens with one attached hydrogen (secondary N) is 2. The number of para-hydroxylation sites is 2. The van der Waals surface area contributed by atoms with Crippen LogP contribution in [0.15, 0.2) is 103 Å². The molecule has 0 fully saturated rings. The number of nitrogens with zero attached hydrogens (tertiary/aromatic N) is 10. The van der Waals surface area contributed by atoms with Crippen LogP contribution in [0.4, 0.5) is 5.69 Å². The number of sulfone groups is 2. The summed E-state index contributed by atoms with van der Waals surface area (Å²) in [6, 6.07) is 14.0. The zero-order valence-corrected chi connectivity index (χ0v) is 45.6. The van der Waals surface area contributed by atoms with Gasteiger partial charge in [0.15, 0.2) is 31.3 Å². The van der Waals surface area contributed by atoms with Crippen LogP contribution in [-0.4, -0.2) is 118 Å². The van der Waals surface area contributed by atoms with Gasteiger partial charge in [0, 0.05) is 67.0 Å². The van der Waals surface area contributed by atoms with Crippen molar-refractivity contribution in [2.24, 2.45) is 4.99 Å². The number of benzene rings is 2. The number of hydrogen-bond donors (Lipinski definition) is 2. The van der Waals surface area contributed by atoms with Crippen LogP contribution in [0.25, 0.3) is 17.1 Å². The average molecular weight is 1060 g/mol. The largest absolute Gasteiger partial charge is 0.494 e. The van der Waals surface area contributed by atoms with E-state index in [9.17, 15) is 21.6 Å². The summed E-state index contributed by atoms with van der Waals surface area (Å²) < 4.78 is 78.1. The molecule has 5 heterocycles. The van der Waals surface area contributed by atoms with Gasteiger partial charge in [-0.25, -0.2) is 41.8 Å². The van der Waals surface area contributed by atoms with E-state index in [1.54, 1.807) is 111 Å². The number of carbonyl (C=O) groups is 1. The molecule has 1 amide bonds. The quantitative estimate of drug-likeness (QED) is 0.0501. The number of ether oxygens (including phenoxy) is 4. The minimum absolute atomic E-state index is 0.0364. The SMILES string of the molecule is COc1cccc(OC)c1-n1c(CS(=O)(=O)[C@@H](C)[C@H](C)c2ncc(C)cn2)nnc1-c1cncc(C)c1.COc1cccc(OC)c1N=C(CS(=O)(=O)[C@@H](C)[C@H](C)c1ncc(C)cn1)NNC(=O)c1cncc(C)c1. The number of aliphatic imine (C=N–C) groups is 1. The highest BCUT2D eigenvalue weighted by atomic mass is 32.2. The summed E-state index contributed by atoms with van der Waals surface area (Å²) in [7, 11) is -1.52. The lowest BCUT2D eigenvalue weighted by atomic mass is 10.1. The summed E-state index contributed by atoms with van der Waals surface area (Å²) in [6.07, 6.45) is 13.1. The average Bonchev–Trinajstić information content (AvgIpc) is 3.81. The molecule has 0 aliphatic rings. The number of amides is 1. The van der Waals surface area contributed by atoms with Crippen molar-refractivity contribution in [1.29, 1.82) is 0 Å². The van der Waals surface area contributed by atoms with Crippen LogP contribution >= 0.6 is 0 Å². The molecule has 0 bridgehead atoms. The van der Waals surface area contributed by atoms with Crippen LogP contribution < -0.4 is 29.8 Å². The Balaban J connectivity index is 0.000000244. The highest BCUT2D eigenvalue weighted by Crippen LogP contribution is 2.39. The minimum atomic E-state index is -3.81. The maximum Gasteiger partial charge on any atom is 0.271 e. The Morgan fingerprint density at radius 3 is 1.57 bits per heavy atom. The van der Waals surface area contributed by atoms with Gasteiger partial charge in [0.2, 0.25) is 0 Å². The number of hydrogen-bond acceptors (Lipinski definition) is 18. The van der Waals surface area contributed by atoms with Crippen LogP contribution in [0.3, 0.4) is 0 Å². The van der Waals surface area contributed by atoms with E-state index in [0.29, 0.717) is 57.3 Å². The molecule has 4 atom stereocenters. The highest BCUT2D eigenvalue weighted by molar-refractivity contribution is 7.92. The molecule has 2 aromatic carbocycles. The van der Waals surface area contributed by atoms with Gasteiger partial charge in [-0.15, -0.1) is 10.2 Å². The fourth-order valence-electron chi connectivity index (χ4n) is 7.57. The van der Waals surface area contributed by atoms with Crippen molar-refractivity contribution in [3.05, 3.63) is 143 Å². The molecule has 396 valence electrons. The summed E-state index contributed by atoms with van der Waals surface area (Å²) in [4.78, 5) is 42.8. The molecule has 21 nitrogen and oxygen atoms in total. The highest BCUT2D eigenvalue weighted by Gasteiger charge is 2.34. The zero-order valence-electron chi connectivity index (χ0n) is 43.9. The zero-order chi connectivity index (χ0) is 54.6.